The number of carbonyl (C=O) groups is 3. The van der Waals surface area contributed by atoms with E-state index in [4.69, 9.17) is 4.74 Å². The number of urea groups is 1. The van der Waals surface area contributed by atoms with Gasteiger partial charge in [-0.15, -0.1) is 0 Å². The lowest BCUT2D eigenvalue weighted by Crippen LogP contribution is -2.41. The van der Waals surface area contributed by atoms with Crippen LogP contribution in [0.1, 0.15) is 28.4 Å². The third kappa shape index (κ3) is 6.92. The molecule has 0 saturated heterocycles. The van der Waals surface area contributed by atoms with Gasteiger partial charge in [-0.05, 0) is 49.8 Å². The summed E-state index contributed by atoms with van der Waals surface area (Å²) >= 11 is 3.43. The van der Waals surface area contributed by atoms with Gasteiger partial charge in [-0.3, -0.25) is 14.5 Å². The number of benzene rings is 2. The molecule has 0 radical (unpaired) electrons. The number of carbonyl (C=O) groups excluding carboxylic acids is 3. The highest BCUT2D eigenvalue weighted by molar-refractivity contribution is 9.10. The zero-order chi connectivity index (χ0) is 24.8. The molecule has 2 aromatic rings. The zero-order valence-electron chi connectivity index (χ0n) is 18.1. The molecule has 33 heavy (non-hydrogen) atoms. The first-order valence-corrected chi connectivity index (χ1v) is 10.5. The Morgan fingerprint density at radius 1 is 1.21 bits per heavy atom. The molecule has 2 aromatic carbocycles. The van der Waals surface area contributed by atoms with Crippen LogP contribution in [-0.2, 0) is 11.4 Å². The number of ketones is 1. The molecule has 0 heterocycles. The summed E-state index contributed by atoms with van der Waals surface area (Å²) in [5.74, 6) is -0.513. The number of hydrogen-bond donors (Lipinski definition) is 1. The fraction of sp³-hybridized carbons (Fsp3) is 0.261. The number of aldehydes is 1. The minimum Gasteiger partial charge on any atom is -0.488 e. The number of rotatable bonds is 8. The lowest BCUT2D eigenvalue weighted by atomic mass is 10.1. The standard InChI is InChI=1S/C23H22BrF3N2O4/c1-14-8-19(24)17(13-33-21-7-5-4-6-16(21)12-30)10-20(14)29(22(32)28-3)11-18(31)9-15(2)23(25,26)27/h4-10,12H,11,13H2,1-3H3,(H,28,32)/b15-9+. The molecule has 0 atom stereocenters. The molecule has 0 aliphatic rings. The third-order valence-electron chi connectivity index (χ3n) is 4.68. The van der Waals surface area contributed by atoms with Gasteiger partial charge in [0.2, 0.25) is 0 Å². The van der Waals surface area contributed by atoms with E-state index in [1.165, 1.54) is 7.05 Å². The maximum absolute atomic E-state index is 12.8. The number of halogens is 4. The SMILES string of the molecule is CNC(=O)N(CC(=O)/C=C(\C)C(F)(F)F)c1cc(COc2ccccc2C=O)c(Br)cc1C. The maximum atomic E-state index is 12.8. The van der Waals surface area contributed by atoms with Gasteiger partial charge in [-0.1, -0.05) is 28.1 Å². The van der Waals surface area contributed by atoms with E-state index in [1.807, 2.05) is 0 Å². The topological polar surface area (TPSA) is 75.7 Å². The van der Waals surface area contributed by atoms with Crippen molar-refractivity contribution in [3.05, 3.63) is 69.2 Å². The lowest BCUT2D eigenvalue weighted by Gasteiger charge is -2.24. The molecule has 0 spiro atoms. The van der Waals surface area contributed by atoms with Gasteiger partial charge < -0.3 is 10.1 Å². The largest absolute Gasteiger partial charge is 0.488 e. The molecule has 1 N–H and O–H groups in total. The van der Waals surface area contributed by atoms with E-state index in [9.17, 15) is 27.6 Å². The summed E-state index contributed by atoms with van der Waals surface area (Å²) in [5, 5.41) is 2.40. The summed E-state index contributed by atoms with van der Waals surface area (Å²) in [5.41, 5.74) is 0.836. The Kier molecular flexibility index (Phi) is 8.81. The second kappa shape index (κ2) is 11.1. The van der Waals surface area contributed by atoms with Crippen molar-refractivity contribution >= 4 is 39.7 Å². The van der Waals surface area contributed by atoms with Crippen molar-refractivity contribution in [2.24, 2.45) is 0 Å². The molecule has 0 bridgehead atoms. The Bertz CT molecular complexity index is 1080. The quantitative estimate of drug-likeness (QED) is 0.370. The first-order chi connectivity index (χ1) is 15.5. The molecular weight excluding hydrogens is 505 g/mol. The molecule has 0 aliphatic carbocycles. The number of aryl methyl sites for hydroxylation is 1. The lowest BCUT2D eigenvalue weighted by molar-refractivity contribution is -0.115. The van der Waals surface area contributed by atoms with Crippen LogP contribution in [0.2, 0.25) is 0 Å². The van der Waals surface area contributed by atoms with Crippen LogP contribution in [0.25, 0.3) is 0 Å². The molecule has 0 saturated carbocycles. The summed E-state index contributed by atoms with van der Waals surface area (Å²) < 4.78 is 44.7. The number of alkyl halides is 3. The summed E-state index contributed by atoms with van der Waals surface area (Å²) in [6.07, 6.45) is -3.49. The Morgan fingerprint density at radius 3 is 2.48 bits per heavy atom. The molecule has 0 fully saturated rings. The number of nitrogens with one attached hydrogen (secondary N) is 1. The minimum atomic E-state index is -4.64. The molecule has 2 amide bonds. The highest BCUT2D eigenvalue weighted by atomic mass is 79.9. The first-order valence-electron chi connectivity index (χ1n) is 9.71. The summed E-state index contributed by atoms with van der Waals surface area (Å²) in [7, 11) is 1.35. The van der Waals surface area contributed by atoms with Gasteiger partial charge in [-0.2, -0.15) is 13.2 Å². The van der Waals surface area contributed by atoms with Gasteiger partial charge in [0, 0.05) is 28.3 Å². The molecular formula is C23H22BrF3N2O4. The molecule has 10 heteroatoms. The van der Waals surface area contributed by atoms with Crippen molar-refractivity contribution in [2.75, 3.05) is 18.5 Å². The smallest absolute Gasteiger partial charge is 0.412 e. The van der Waals surface area contributed by atoms with Crippen molar-refractivity contribution in [3.63, 3.8) is 0 Å². The number of para-hydroxylation sites is 1. The summed E-state index contributed by atoms with van der Waals surface area (Å²) in [4.78, 5) is 37.0. The third-order valence-corrected chi connectivity index (χ3v) is 5.42. The van der Waals surface area contributed by atoms with Crippen molar-refractivity contribution in [2.45, 2.75) is 26.6 Å². The van der Waals surface area contributed by atoms with Crippen LogP contribution in [0.15, 0.2) is 52.5 Å². The van der Waals surface area contributed by atoms with E-state index < -0.39 is 30.1 Å². The highest BCUT2D eigenvalue weighted by Gasteiger charge is 2.31. The van der Waals surface area contributed by atoms with Crippen LogP contribution >= 0.6 is 15.9 Å². The molecule has 6 nitrogen and oxygen atoms in total. The number of ether oxygens (including phenoxy) is 1. The number of allylic oxidation sites excluding steroid dienone is 1. The van der Waals surface area contributed by atoms with Crippen LogP contribution in [0.5, 0.6) is 5.75 Å². The Labute approximate surface area is 197 Å². The summed E-state index contributed by atoms with van der Waals surface area (Å²) in [6.45, 7) is 1.93. The van der Waals surface area contributed by atoms with Gasteiger partial charge in [0.1, 0.15) is 12.4 Å². The van der Waals surface area contributed by atoms with Gasteiger partial charge >= 0.3 is 12.2 Å². The number of hydrogen-bond acceptors (Lipinski definition) is 4. The van der Waals surface area contributed by atoms with E-state index in [0.29, 0.717) is 45.0 Å². The second-order valence-electron chi connectivity index (χ2n) is 7.11. The Morgan fingerprint density at radius 2 is 1.88 bits per heavy atom. The fourth-order valence-electron chi connectivity index (χ4n) is 2.90. The van der Waals surface area contributed by atoms with Gasteiger partial charge in [0.15, 0.2) is 12.1 Å². The average molecular weight is 527 g/mol. The predicted octanol–water partition coefficient (Wildman–Crippen LogP) is 5.37. The van der Waals surface area contributed by atoms with E-state index >= 15 is 0 Å². The minimum absolute atomic E-state index is 0.0291. The van der Waals surface area contributed by atoms with Crippen molar-refractivity contribution in [3.8, 4) is 5.75 Å². The number of amides is 2. The van der Waals surface area contributed by atoms with Crippen LogP contribution < -0.4 is 15.0 Å². The second-order valence-corrected chi connectivity index (χ2v) is 7.96. The monoisotopic (exact) mass is 526 g/mol. The Balaban J connectivity index is 2.37. The van der Waals surface area contributed by atoms with Crippen LogP contribution in [0.4, 0.5) is 23.7 Å². The number of anilines is 1. The van der Waals surface area contributed by atoms with Crippen molar-refractivity contribution in [1.29, 1.82) is 0 Å². The predicted molar refractivity (Wildman–Crippen MR) is 122 cm³/mol. The molecule has 0 aromatic heterocycles. The van der Waals surface area contributed by atoms with Gasteiger partial charge in [-0.25, -0.2) is 4.79 Å². The molecule has 0 unspecified atom stereocenters. The fourth-order valence-corrected chi connectivity index (χ4v) is 3.47. The van der Waals surface area contributed by atoms with Crippen molar-refractivity contribution < 1.29 is 32.3 Å². The summed E-state index contributed by atoms with van der Waals surface area (Å²) in [6, 6.07) is 9.30. The molecule has 176 valence electrons. The van der Waals surface area contributed by atoms with E-state index in [0.717, 1.165) is 11.8 Å². The number of nitrogens with zero attached hydrogens (tertiary/aromatic N) is 1. The highest BCUT2D eigenvalue weighted by Crippen LogP contribution is 2.30. The van der Waals surface area contributed by atoms with E-state index in [1.54, 1.807) is 43.3 Å². The van der Waals surface area contributed by atoms with Gasteiger partial charge in [0.05, 0.1) is 12.1 Å². The van der Waals surface area contributed by atoms with E-state index in [-0.39, 0.29) is 6.61 Å². The first kappa shape index (κ1) is 26.1. The maximum Gasteiger partial charge on any atom is 0.412 e. The average Bonchev–Trinajstić information content (AvgIpc) is 2.76. The van der Waals surface area contributed by atoms with Crippen LogP contribution in [0.3, 0.4) is 0 Å². The van der Waals surface area contributed by atoms with Crippen molar-refractivity contribution in [1.82, 2.24) is 5.32 Å². The zero-order valence-corrected chi connectivity index (χ0v) is 19.7. The van der Waals surface area contributed by atoms with E-state index in [2.05, 4.69) is 21.2 Å². The van der Waals surface area contributed by atoms with Crippen LogP contribution in [0, 0.1) is 6.92 Å². The molecule has 0 aliphatic heterocycles. The van der Waals surface area contributed by atoms with Crippen LogP contribution in [-0.4, -0.2) is 37.9 Å². The van der Waals surface area contributed by atoms with Gasteiger partial charge in [0.25, 0.3) is 0 Å². The normalized spacial score (nSPS) is 11.7. The Hall–Kier alpha value is -3.14. The molecule has 2 rings (SSSR count).